The molecule has 0 radical (unpaired) electrons. The van der Waals surface area contributed by atoms with Gasteiger partial charge in [-0.15, -0.1) is 0 Å². The number of carbonyl (C=O) groups is 1. The topological polar surface area (TPSA) is 37.3 Å². The van der Waals surface area contributed by atoms with E-state index in [0.29, 0.717) is 0 Å². The summed E-state index contributed by atoms with van der Waals surface area (Å²) in [7, 11) is 0. The SMILES string of the molecule is CCc1ccc(CC)c(C2(C(=O)O)CCCC2)c1. The number of rotatable bonds is 4. The summed E-state index contributed by atoms with van der Waals surface area (Å²) in [5.74, 6) is -0.636. The fourth-order valence-electron chi connectivity index (χ4n) is 3.17. The lowest BCUT2D eigenvalue weighted by molar-refractivity contribution is -0.143. The maximum atomic E-state index is 11.8. The maximum Gasteiger partial charge on any atom is 0.314 e. The molecule has 0 amide bonds. The van der Waals surface area contributed by atoms with Crippen LogP contribution in [0.4, 0.5) is 0 Å². The predicted octanol–water partition coefficient (Wildman–Crippen LogP) is 3.71. The Hall–Kier alpha value is -1.31. The molecule has 0 heterocycles. The molecular formula is C16H22O2. The van der Waals surface area contributed by atoms with E-state index in [1.807, 2.05) is 0 Å². The van der Waals surface area contributed by atoms with Crippen molar-refractivity contribution in [2.24, 2.45) is 0 Å². The lowest BCUT2D eigenvalue weighted by atomic mass is 9.75. The Balaban J connectivity index is 2.55. The monoisotopic (exact) mass is 246 g/mol. The second kappa shape index (κ2) is 5.13. The number of benzene rings is 1. The van der Waals surface area contributed by atoms with Gasteiger partial charge in [0.25, 0.3) is 0 Å². The third kappa shape index (κ3) is 2.05. The van der Waals surface area contributed by atoms with Crippen molar-refractivity contribution in [1.29, 1.82) is 0 Å². The highest BCUT2D eigenvalue weighted by molar-refractivity contribution is 5.82. The molecule has 18 heavy (non-hydrogen) atoms. The van der Waals surface area contributed by atoms with Crippen molar-refractivity contribution in [2.75, 3.05) is 0 Å². The van der Waals surface area contributed by atoms with Crippen molar-refractivity contribution in [3.05, 3.63) is 34.9 Å². The molecule has 0 bridgehead atoms. The number of carboxylic acids is 1. The molecule has 2 heteroatoms. The molecule has 1 saturated carbocycles. The molecule has 1 aliphatic carbocycles. The van der Waals surface area contributed by atoms with Gasteiger partial charge in [0.2, 0.25) is 0 Å². The van der Waals surface area contributed by atoms with Crippen LogP contribution in [0.3, 0.4) is 0 Å². The number of carboxylic acid groups (broad SMARTS) is 1. The van der Waals surface area contributed by atoms with Gasteiger partial charge in [0.15, 0.2) is 0 Å². The summed E-state index contributed by atoms with van der Waals surface area (Å²) in [5.41, 5.74) is 2.91. The number of hydrogen-bond donors (Lipinski definition) is 1. The predicted molar refractivity (Wildman–Crippen MR) is 73.0 cm³/mol. The summed E-state index contributed by atoms with van der Waals surface area (Å²) in [4.78, 5) is 11.8. The van der Waals surface area contributed by atoms with Gasteiger partial charge in [-0.1, -0.05) is 44.9 Å². The molecule has 0 unspecified atom stereocenters. The van der Waals surface area contributed by atoms with Crippen LogP contribution in [-0.4, -0.2) is 11.1 Å². The van der Waals surface area contributed by atoms with E-state index >= 15 is 0 Å². The molecule has 1 fully saturated rings. The van der Waals surface area contributed by atoms with Gasteiger partial charge in [-0.25, -0.2) is 0 Å². The summed E-state index contributed by atoms with van der Waals surface area (Å²) in [6, 6.07) is 6.39. The molecule has 1 N–H and O–H groups in total. The fourth-order valence-corrected chi connectivity index (χ4v) is 3.17. The number of hydrogen-bond acceptors (Lipinski definition) is 1. The molecule has 2 nitrogen and oxygen atoms in total. The molecule has 0 spiro atoms. The van der Waals surface area contributed by atoms with Crippen LogP contribution in [-0.2, 0) is 23.1 Å². The molecule has 1 aromatic carbocycles. The van der Waals surface area contributed by atoms with Gasteiger partial charge in [0.05, 0.1) is 5.41 Å². The van der Waals surface area contributed by atoms with Crippen LogP contribution in [0.2, 0.25) is 0 Å². The molecule has 1 aliphatic rings. The standard InChI is InChI=1S/C16H22O2/c1-3-12-7-8-13(4-2)14(11-12)16(15(17)18)9-5-6-10-16/h7-8,11H,3-6,9-10H2,1-2H3,(H,17,18). The molecular weight excluding hydrogens is 224 g/mol. The summed E-state index contributed by atoms with van der Waals surface area (Å²) >= 11 is 0. The number of aryl methyl sites for hydroxylation is 2. The normalized spacial score (nSPS) is 17.9. The van der Waals surface area contributed by atoms with E-state index in [1.165, 1.54) is 11.1 Å². The largest absolute Gasteiger partial charge is 0.481 e. The van der Waals surface area contributed by atoms with Crippen LogP contribution in [0.1, 0.15) is 56.2 Å². The molecule has 0 aliphatic heterocycles. The second-order valence-electron chi connectivity index (χ2n) is 5.29. The first kappa shape index (κ1) is 13.1. The third-order valence-electron chi connectivity index (χ3n) is 4.35. The van der Waals surface area contributed by atoms with Gasteiger partial charge in [0.1, 0.15) is 0 Å². The van der Waals surface area contributed by atoms with Crippen LogP contribution in [0.15, 0.2) is 18.2 Å². The first-order valence-corrected chi connectivity index (χ1v) is 6.99. The first-order valence-electron chi connectivity index (χ1n) is 6.99. The van der Waals surface area contributed by atoms with E-state index in [9.17, 15) is 9.90 Å². The van der Waals surface area contributed by atoms with Crippen molar-refractivity contribution in [1.82, 2.24) is 0 Å². The van der Waals surface area contributed by atoms with Crippen LogP contribution < -0.4 is 0 Å². The molecule has 0 saturated heterocycles. The van der Waals surface area contributed by atoms with Crippen molar-refractivity contribution >= 4 is 5.97 Å². The second-order valence-corrected chi connectivity index (χ2v) is 5.29. The lowest BCUT2D eigenvalue weighted by Crippen LogP contribution is -2.33. The maximum absolute atomic E-state index is 11.8. The average Bonchev–Trinajstić information content (AvgIpc) is 2.88. The highest BCUT2D eigenvalue weighted by Crippen LogP contribution is 2.43. The van der Waals surface area contributed by atoms with Crippen molar-refractivity contribution in [2.45, 2.75) is 57.8 Å². The minimum atomic E-state index is -0.636. The van der Waals surface area contributed by atoms with E-state index in [2.05, 4.69) is 32.0 Å². The van der Waals surface area contributed by atoms with Crippen LogP contribution in [0, 0.1) is 0 Å². The van der Waals surface area contributed by atoms with E-state index < -0.39 is 11.4 Å². The van der Waals surface area contributed by atoms with Crippen LogP contribution in [0.25, 0.3) is 0 Å². The zero-order chi connectivity index (χ0) is 13.2. The van der Waals surface area contributed by atoms with E-state index in [-0.39, 0.29) is 0 Å². The highest BCUT2D eigenvalue weighted by Gasteiger charge is 2.43. The summed E-state index contributed by atoms with van der Waals surface area (Å²) in [6.07, 6.45) is 5.53. The third-order valence-corrected chi connectivity index (χ3v) is 4.35. The number of aliphatic carboxylic acids is 1. The van der Waals surface area contributed by atoms with Crippen LogP contribution >= 0.6 is 0 Å². The fraction of sp³-hybridized carbons (Fsp3) is 0.562. The summed E-state index contributed by atoms with van der Waals surface area (Å²) in [6.45, 7) is 4.22. The Morgan fingerprint density at radius 1 is 1.22 bits per heavy atom. The van der Waals surface area contributed by atoms with Gasteiger partial charge in [-0.3, -0.25) is 4.79 Å². The quantitative estimate of drug-likeness (QED) is 0.879. The van der Waals surface area contributed by atoms with Crippen molar-refractivity contribution in [3.63, 3.8) is 0 Å². The minimum Gasteiger partial charge on any atom is -0.481 e. The summed E-state index contributed by atoms with van der Waals surface area (Å²) < 4.78 is 0. The zero-order valence-corrected chi connectivity index (χ0v) is 11.3. The zero-order valence-electron chi connectivity index (χ0n) is 11.3. The van der Waals surface area contributed by atoms with Gasteiger partial charge in [-0.2, -0.15) is 0 Å². The van der Waals surface area contributed by atoms with Crippen molar-refractivity contribution < 1.29 is 9.90 Å². The Morgan fingerprint density at radius 3 is 2.39 bits per heavy atom. The van der Waals surface area contributed by atoms with E-state index in [1.54, 1.807) is 0 Å². The Bertz CT molecular complexity index is 442. The van der Waals surface area contributed by atoms with Gasteiger partial charge >= 0.3 is 5.97 Å². The van der Waals surface area contributed by atoms with Gasteiger partial charge < -0.3 is 5.11 Å². The van der Waals surface area contributed by atoms with Crippen molar-refractivity contribution in [3.8, 4) is 0 Å². The first-order chi connectivity index (χ1) is 8.64. The Labute approximate surface area is 109 Å². The smallest absolute Gasteiger partial charge is 0.314 e. The minimum absolute atomic E-state index is 0.615. The lowest BCUT2D eigenvalue weighted by Gasteiger charge is -2.27. The molecule has 98 valence electrons. The van der Waals surface area contributed by atoms with Gasteiger partial charge in [0, 0.05) is 0 Å². The molecule has 1 aromatic rings. The summed E-state index contributed by atoms with van der Waals surface area (Å²) in [5, 5.41) is 9.70. The Kier molecular flexibility index (Phi) is 3.74. The average molecular weight is 246 g/mol. The molecule has 0 aromatic heterocycles. The van der Waals surface area contributed by atoms with E-state index in [4.69, 9.17) is 0 Å². The molecule has 0 atom stereocenters. The van der Waals surface area contributed by atoms with Crippen LogP contribution in [0.5, 0.6) is 0 Å². The highest BCUT2D eigenvalue weighted by atomic mass is 16.4. The van der Waals surface area contributed by atoms with E-state index in [0.717, 1.165) is 44.1 Å². The van der Waals surface area contributed by atoms with Gasteiger partial charge in [-0.05, 0) is 42.4 Å². The molecule has 2 rings (SSSR count). The Morgan fingerprint density at radius 2 is 1.89 bits per heavy atom.